The average molecular weight is 281 g/mol. The van der Waals surface area contributed by atoms with Crippen molar-refractivity contribution >= 4 is 27.3 Å². The monoisotopic (exact) mass is 281 g/mol. The molecular formula is C9H12FNO4S2. The Balaban J connectivity index is 3.20. The van der Waals surface area contributed by atoms with Crippen molar-refractivity contribution in [3.63, 3.8) is 0 Å². The van der Waals surface area contributed by atoms with Gasteiger partial charge in [0.15, 0.2) is 5.13 Å². The largest absolute Gasteiger partial charge is 0.480 e. The number of hydrogen-bond acceptors (Lipinski definition) is 4. The summed E-state index contributed by atoms with van der Waals surface area (Å²) in [5.74, 6) is -1.28. The summed E-state index contributed by atoms with van der Waals surface area (Å²) in [4.78, 5) is 11.0. The molecule has 0 aromatic carbocycles. The van der Waals surface area contributed by atoms with Crippen LogP contribution in [0.2, 0.25) is 0 Å². The predicted molar refractivity (Wildman–Crippen MR) is 60.9 cm³/mol. The van der Waals surface area contributed by atoms with Crippen molar-refractivity contribution in [2.45, 2.75) is 23.6 Å². The van der Waals surface area contributed by atoms with Crippen molar-refractivity contribution in [1.82, 2.24) is 4.31 Å². The van der Waals surface area contributed by atoms with E-state index < -0.39 is 26.7 Å². The van der Waals surface area contributed by atoms with Crippen LogP contribution in [-0.2, 0) is 14.8 Å². The fourth-order valence-corrected chi connectivity index (χ4v) is 3.66. The minimum absolute atomic E-state index is 0.216. The van der Waals surface area contributed by atoms with E-state index in [2.05, 4.69) is 0 Å². The molecule has 0 unspecified atom stereocenters. The molecule has 5 nitrogen and oxygen atoms in total. The number of carboxylic acid groups (broad SMARTS) is 1. The van der Waals surface area contributed by atoms with Gasteiger partial charge in [0, 0.05) is 7.05 Å². The van der Waals surface area contributed by atoms with Gasteiger partial charge in [-0.3, -0.25) is 4.79 Å². The highest BCUT2D eigenvalue weighted by molar-refractivity contribution is 7.91. The first kappa shape index (κ1) is 14.1. The first-order chi connectivity index (χ1) is 7.60. The molecule has 0 aliphatic heterocycles. The van der Waals surface area contributed by atoms with Crippen LogP contribution in [0.3, 0.4) is 0 Å². The zero-order valence-corrected chi connectivity index (χ0v) is 11.1. The normalized spacial score (nSPS) is 13.0. The number of thiophene rings is 1. The van der Waals surface area contributed by atoms with Gasteiger partial charge in [0.25, 0.3) is 10.0 Å². The summed E-state index contributed by atoms with van der Waals surface area (Å²) in [5, 5.41) is 8.32. The second-order valence-corrected chi connectivity index (χ2v) is 7.13. The summed E-state index contributed by atoms with van der Waals surface area (Å²) in [7, 11) is -2.84. The van der Waals surface area contributed by atoms with Crippen molar-refractivity contribution in [3.8, 4) is 0 Å². The third-order valence-corrected chi connectivity index (χ3v) is 5.85. The molecule has 0 aliphatic rings. The third-order valence-electron chi connectivity index (χ3n) is 2.47. The molecule has 0 amide bonds. The molecule has 1 rings (SSSR count). The van der Waals surface area contributed by atoms with Crippen LogP contribution < -0.4 is 0 Å². The molecule has 0 saturated heterocycles. The van der Waals surface area contributed by atoms with Gasteiger partial charge in [-0.1, -0.05) is 11.3 Å². The van der Waals surface area contributed by atoms with E-state index in [1.807, 2.05) is 0 Å². The first-order valence-corrected chi connectivity index (χ1v) is 6.83. The Labute approximate surface area is 103 Å². The van der Waals surface area contributed by atoms with Crippen LogP contribution in [0.15, 0.2) is 16.3 Å². The van der Waals surface area contributed by atoms with Gasteiger partial charge in [0.2, 0.25) is 0 Å². The molecular weight excluding hydrogens is 269 g/mol. The maximum atomic E-state index is 12.8. The number of carboxylic acids is 1. The quantitative estimate of drug-likeness (QED) is 0.904. The molecule has 0 atom stereocenters. The summed E-state index contributed by atoms with van der Waals surface area (Å²) in [6, 6.07) is 2.14. The zero-order chi connectivity index (χ0) is 13.4. The number of halogens is 1. The minimum atomic E-state index is -3.99. The Hall–Kier alpha value is -0.990. The lowest BCUT2D eigenvalue weighted by Crippen LogP contribution is -2.50. The third kappa shape index (κ3) is 2.48. The Kier molecular flexibility index (Phi) is 3.60. The van der Waals surface area contributed by atoms with Crippen LogP contribution in [0.4, 0.5) is 4.39 Å². The van der Waals surface area contributed by atoms with Crippen molar-refractivity contribution in [1.29, 1.82) is 0 Å². The number of aliphatic carboxylic acids is 1. The van der Waals surface area contributed by atoms with E-state index in [9.17, 15) is 17.6 Å². The van der Waals surface area contributed by atoms with Gasteiger partial charge < -0.3 is 5.11 Å². The lowest BCUT2D eigenvalue weighted by molar-refractivity contribution is -0.145. The first-order valence-electron chi connectivity index (χ1n) is 4.58. The molecule has 0 radical (unpaired) electrons. The highest BCUT2D eigenvalue weighted by Crippen LogP contribution is 2.27. The molecule has 96 valence electrons. The Bertz CT molecular complexity index is 535. The second kappa shape index (κ2) is 4.35. The fraction of sp³-hybridized carbons (Fsp3) is 0.444. The highest BCUT2D eigenvalue weighted by atomic mass is 32.2. The SMILES string of the molecule is CN(C(C)(C)C(=O)O)S(=O)(=O)c1ccc(F)s1. The molecule has 1 N–H and O–H groups in total. The number of carbonyl (C=O) groups is 1. The Morgan fingerprint density at radius 3 is 2.35 bits per heavy atom. The van der Waals surface area contributed by atoms with Crippen LogP contribution in [0.5, 0.6) is 0 Å². The van der Waals surface area contributed by atoms with Crippen LogP contribution in [0.1, 0.15) is 13.8 Å². The van der Waals surface area contributed by atoms with Crippen LogP contribution in [0, 0.1) is 5.13 Å². The van der Waals surface area contributed by atoms with Gasteiger partial charge in [-0.05, 0) is 26.0 Å². The molecule has 8 heteroatoms. The van der Waals surface area contributed by atoms with Crippen molar-refractivity contribution in [2.75, 3.05) is 7.05 Å². The van der Waals surface area contributed by atoms with Gasteiger partial charge in [0.1, 0.15) is 9.75 Å². The van der Waals surface area contributed by atoms with Gasteiger partial charge >= 0.3 is 5.97 Å². The lowest BCUT2D eigenvalue weighted by Gasteiger charge is -2.29. The van der Waals surface area contributed by atoms with Gasteiger partial charge in [-0.25, -0.2) is 8.42 Å². The second-order valence-electron chi connectivity index (χ2n) is 3.90. The molecule has 17 heavy (non-hydrogen) atoms. The van der Waals surface area contributed by atoms with E-state index in [0.717, 1.165) is 19.2 Å². The van der Waals surface area contributed by atoms with Gasteiger partial charge in [-0.2, -0.15) is 8.70 Å². The summed E-state index contributed by atoms with van der Waals surface area (Å²) in [5.41, 5.74) is -1.60. The lowest BCUT2D eigenvalue weighted by atomic mass is 10.1. The van der Waals surface area contributed by atoms with Crippen LogP contribution in [0.25, 0.3) is 0 Å². The standard InChI is InChI=1S/C9H12FNO4S2/c1-9(2,8(12)13)11(3)17(14,15)7-5-4-6(10)16-7/h4-5H,1-3H3,(H,12,13). The van der Waals surface area contributed by atoms with E-state index in [1.54, 1.807) is 0 Å². The number of sulfonamides is 1. The molecule has 0 fully saturated rings. The Morgan fingerprint density at radius 2 is 2.00 bits per heavy atom. The summed E-state index contributed by atoms with van der Waals surface area (Å²) >= 11 is 0.462. The van der Waals surface area contributed by atoms with Gasteiger partial charge in [-0.15, -0.1) is 0 Å². The van der Waals surface area contributed by atoms with Crippen LogP contribution in [-0.4, -0.2) is 36.4 Å². The van der Waals surface area contributed by atoms with Crippen LogP contribution >= 0.6 is 11.3 Å². The number of likely N-dealkylation sites (N-methyl/N-ethyl adjacent to an activating group) is 1. The number of hydrogen-bond donors (Lipinski definition) is 1. The topological polar surface area (TPSA) is 74.7 Å². The van der Waals surface area contributed by atoms with E-state index in [1.165, 1.54) is 13.8 Å². The van der Waals surface area contributed by atoms with Gasteiger partial charge in [0.05, 0.1) is 0 Å². The molecule has 1 heterocycles. The molecule has 0 saturated carbocycles. The average Bonchev–Trinajstić information content (AvgIpc) is 2.63. The van der Waals surface area contributed by atoms with Crippen molar-refractivity contribution in [2.24, 2.45) is 0 Å². The number of nitrogens with zero attached hydrogens (tertiary/aromatic N) is 1. The zero-order valence-electron chi connectivity index (χ0n) is 9.47. The molecule has 0 bridgehead atoms. The van der Waals surface area contributed by atoms with Crippen molar-refractivity contribution < 1.29 is 22.7 Å². The maximum Gasteiger partial charge on any atom is 0.324 e. The summed E-state index contributed by atoms with van der Waals surface area (Å²) in [6.45, 7) is 2.52. The molecule has 1 aromatic rings. The van der Waals surface area contributed by atoms with Crippen molar-refractivity contribution in [3.05, 3.63) is 17.3 Å². The molecule has 0 spiro atoms. The summed E-state index contributed by atoms with van der Waals surface area (Å²) < 4.78 is 37.3. The molecule has 1 aromatic heterocycles. The molecule has 0 aliphatic carbocycles. The summed E-state index contributed by atoms with van der Waals surface area (Å²) in [6.07, 6.45) is 0. The number of rotatable bonds is 4. The minimum Gasteiger partial charge on any atom is -0.480 e. The van der Waals surface area contributed by atoms with E-state index in [-0.39, 0.29) is 4.21 Å². The van der Waals surface area contributed by atoms with E-state index >= 15 is 0 Å². The smallest absolute Gasteiger partial charge is 0.324 e. The maximum absolute atomic E-state index is 12.8. The fourth-order valence-electron chi connectivity index (χ4n) is 1.01. The van der Waals surface area contributed by atoms with E-state index in [4.69, 9.17) is 5.11 Å². The predicted octanol–water partition coefficient (Wildman–Crippen LogP) is 1.37. The van der Waals surface area contributed by atoms with E-state index in [0.29, 0.717) is 15.6 Å². The highest BCUT2D eigenvalue weighted by Gasteiger charge is 2.40. The Morgan fingerprint density at radius 1 is 1.47 bits per heavy atom.